The van der Waals surface area contributed by atoms with Crippen LogP contribution in [-0.4, -0.2) is 36.7 Å². The molecule has 0 amide bonds. The normalized spacial score (nSPS) is 21.5. The van der Waals surface area contributed by atoms with E-state index in [1.807, 2.05) is 12.1 Å². The Balaban J connectivity index is 1.76. The quantitative estimate of drug-likeness (QED) is 0.900. The van der Waals surface area contributed by atoms with Crippen LogP contribution in [0.3, 0.4) is 0 Å². The molecule has 0 bridgehead atoms. The number of hydrogen-bond acceptors (Lipinski definition) is 4. The van der Waals surface area contributed by atoms with Gasteiger partial charge in [0.2, 0.25) is 0 Å². The van der Waals surface area contributed by atoms with E-state index in [0.29, 0.717) is 12.5 Å². The lowest BCUT2D eigenvalue weighted by molar-refractivity contribution is 0.174. The molecule has 4 nitrogen and oxygen atoms in total. The van der Waals surface area contributed by atoms with E-state index in [-0.39, 0.29) is 0 Å². The molecule has 1 aromatic rings. The Bertz CT molecular complexity index is 535. The van der Waals surface area contributed by atoms with E-state index in [0.717, 1.165) is 31.9 Å². The van der Waals surface area contributed by atoms with Gasteiger partial charge in [-0.25, -0.2) is 0 Å². The fourth-order valence-electron chi connectivity index (χ4n) is 3.25. The van der Waals surface area contributed by atoms with Crippen molar-refractivity contribution in [3.8, 4) is 11.8 Å². The van der Waals surface area contributed by atoms with Gasteiger partial charge in [0.25, 0.3) is 0 Å². The predicted molar refractivity (Wildman–Crippen MR) is 82.0 cm³/mol. The maximum absolute atomic E-state index is 9.74. The number of para-hydroxylation sites is 1. The highest BCUT2D eigenvalue weighted by atomic mass is 16.5. The van der Waals surface area contributed by atoms with Gasteiger partial charge < -0.3 is 4.74 Å². The van der Waals surface area contributed by atoms with Gasteiger partial charge in [-0.15, -0.1) is 0 Å². The van der Waals surface area contributed by atoms with E-state index in [4.69, 9.17) is 4.74 Å². The molecule has 1 saturated carbocycles. The number of rotatable bonds is 5. The molecular weight excluding hydrogens is 262 g/mol. The van der Waals surface area contributed by atoms with E-state index in [2.05, 4.69) is 35.3 Å². The van der Waals surface area contributed by atoms with Crippen LogP contribution < -0.4 is 10.1 Å². The van der Waals surface area contributed by atoms with Crippen LogP contribution >= 0.6 is 0 Å². The maximum atomic E-state index is 9.74. The van der Waals surface area contributed by atoms with Crippen LogP contribution in [0.5, 0.6) is 5.75 Å². The van der Waals surface area contributed by atoms with Crippen LogP contribution in [0.15, 0.2) is 24.3 Å². The summed E-state index contributed by atoms with van der Waals surface area (Å²) in [5.74, 6) is 1.49. The molecule has 1 N–H and O–H groups in total. The summed E-state index contributed by atoms with van der Waals surface area (Å²) in [6.45, 7) is 6.11. The molecule has 1 aliphatic heterocycles. The van der Waals surface area contributed by atoms with Crippen molar-refractivity contribution in [1.82, 2.24) is 10.2 Å². The van der Waals surface area contributed by atoms with Gasteiger partial charge in [0.15, 0.2) is 0 Å². The second kappa shape index (κ2) is 6.05. The largest absolute Gasteiger partial charge is 0.492 e. The Morgan fingerprint density at radius 1 is 1.43 bits per heavy atom. The summed E-state index contributed by atoms with van der Waals surface area (Å²) in [7, 11) is 0. The van der Waals surface area contributed by atoms with Gasteiger partial charge in [-0.3, -0.25) is 10.2 Å². The number of hydrogen-bond donors (Lipinski definition) is 1. The Kier molecular flexibility index (Phi) is 4.14. The molecule has 112 valence electrons. The third-order valence-electron chi connectivity index (χ3n) is 4.47. The van der Waals surface area contributed by atoms with Crippen molar-refractivity contribution in [2.24, 2.45) is 5.92 Å². The van der Waals surface area contributed by atoms with Crippen LogP contribution in [0, 0.1) is 17.2 Å². The van der Waals surface area contributed by atoms with Gasteiger partial charge in [0.1, 0.15) is 17.9 Å². The summed E-state index contributed by atoms with van der Waals surface area (Å²) in [4.78, 5) is 2.36. The molecule has 1 aromatic carbocycles. The molecule has 0 spiro atoms. The van der Waals surface area contributed by atoms with Crippen molar-refractivity contribution >= 4 is 0 Å². The number of likely N-dealkylation sites (N-methyl/N-ethyl adjacent to an activating group) is 1. The number of nitrogens with one attached hydrogen (secondary N) is 1. The minimum atomic E-state index is -0.395. The van der Waals surface area contributed by atoms with Crippen LogP contribution in [0.1, 0.15) is 25.3 Å². The van der Waals surface area contributed by atoms with E-state index in [1.165, 1.54) is 18.4 Å². The first kappa shape index (κ1) is 14.4. The lowest BCUT2D eigenvalue weighted by atomic mass is 9.93. The topological polar surface area (TPSA) is 48.3 Å². The molecular formula is C17H23N3O. The summed E-state index contributed by atoms with van der Waals surface area (Å²) >= 11 is 0. The number of benzene rings is 1. The first-order chi connectivity index (χ1) is 10.3. The fourth-order valence-corrected chi connectivity index (χ4v) is 3.25. The van der Waals surface area contributed by atoms with Crippen molar-refractivity contribution < 1.29 is 4.74 Å². The van der Waals surface area contributed by atoms with Gasteiger partial charge in [0, 0.05) is 25.2 Å². The number of fused-ring (bicyclic) bond motifs is 1. The molecule has 0 radical (unpaired) electrons. The molecule has 1 aliphatic carbocycles. The highest BCUT2D eigenvalue weighted by Crippen LogP contribution is 2.40. The molecule has 1 unspecified atom stereocenters. The zero-order valence-electron chi connectivity index (χ0n) is 12.6. The molecule has 21 heavy (non-hydrogen) atoms. The Morgan fingerprint density at radius 3 is 2.95 bits per heavy atom. The standard InChI is InChI=1S/C17H23N3O/c1-2-19-17(12-18,15-7-8-15)13-20-9-10-21-16-6-4-3-5-14(16)11-20/h3-6,15,19H,2,7-11,13H2,1H3. The van der Waals surface area contributed by atoms with Crippen LogP contribution in [0.25, 0.3) is 0 Å². The Hall–Kier alpha value is -1.57. The minimum Gasteiger partial charge on any atom is -0.492 e. The number of nitrogens with zero attached hydrogens (tertiary/aromatic N) is 2. The van der Waals surface area contributed by atoms with Gasteiger partial charge in [-0.2, -0.15) is 5.26 Å². The monoisotopic (exact) mass is 285 g/mol. The molecule has 4 heteroatoms. The van der Waals surface area contributed by atoms with Gasteiger partial charge in [-0.05, 0) is 31.4 Å². The van der Waals surface area contributed by atoms with E-state index in [9.17, 15) is 5.26 Å². The van der Waals surface area contributed by atoms with Crippen molar-refractivity contribution in [3.05, 3.63) is 29.8 Å². The summed E-state index contributed by atoms with van der Waals surface area (Å²) in [5, 5.41) is 13.2. The van der Waals surface area contributed by atoms with Gasteiger partial charge in [-0.1, -0.05) is 25.1 Å². The molecule has 3 rings (SSSR count). The zero-order chi connectivity index (χ0) is 14.7. The summed E-state index contributed by atoms with van der Waals surface area (Å²) in [5.41, 5.74) is 0.822. The van der Waals surface area contributed by atoms with Crippen molar-refractivity contribution in [3.63, 3.8) is 0 Å². The summed E-state index contributed by atoms with van der Waals surface area (Å²) in [6.07, 6.45) is 2.34. The highest BCUT2D eigenvalue weighted by Gasteiger charge is 2.46. The van der Waals surface area contributed by atoms with Crippen molar-refractivity contribution in [1.29, 1.82) is 5.26 Å². The SMILES string of the molecule is CCNC(C#N)(CN1CCOc2ccccc2C1)C1CC1. The van der Waals surface area contributed by atoms with Crippen molar-refractivity contribution in [2.45, 2.75) is 31.8 Å². The van der Waals surface area contributed by atoms with E-state index in [1.54, 1.807) is 0 Å². The first-order valence-electron chi connectivity index (χ1n) is 7.87. The van der Waals surface area contributed by atoms with E-state index < -0.39 is 5.54 Å². The first-order valence-corrected chi connectivity index (χ1v) is 7.87. The summed E-state index contributed by atoms with van der Waals surface area (Å²) in [6, 6.07) is 10.8. The fraction of sp³-hybridized carbons (Fsp3) is 0.588. The van der Waals surface area contributed by atoms with Crippen molar-refractivity contribution in [2.75, 3.05) is 26.2 Å². The zero-order valence-corrected chi connectivity index (χ0v) is 12.6. The predicted octanol–water partition coefficient (Wildman–Crippen LogP) is 2.16. The average Bonchev–Trinajstić information content (AvgIpc) is 3.33. The maximum Gasteiger partial charge on any atom is 0.123 e. The van der Waals surface area contributed by atoms with Crippen LogP contribution in [0.2, 0.25) is 0 Å². The lowest BCUT2D eigenvalue weighted by Crippen LogP contribution is -2.54. The smallest absolute Gasteiger partial charge is 0.123 e. The Labute approximate surface area is 126 Å². The Morgan fingerprint density at radius 2 is 2.24 bits per heavy atom. The third-order valence-corrected chi connectivity index (χ3v) is 4.47. The third kappa shape index (κ3) is 3.04. The second-order valence-corrected chi connectivity index (χ2v) is 6.05. The molecule has 0 saturated heterocycles. The second-order valence-electron chi connectivity index (χ2n) is 6.05. The summed E-state index contributed by atoms with van der Waals surface area (Å²) < 4.78 is 5.82. The number of nitriles is 1. The lowest BCUT2D eigenvalue weighted by Gasteiger charge is -2.33. The minimum absolute atomic E-state index is 0.395. The number of ether oxygens (including phenoxy) is 1. The molecule has 1 atom stereocenters. The van der Waals surface area contributed by atoms with Gasteiger partial charge >= 0.3 is 0 Å². The highest BCUT2D eigenvalue weighted by molar-refractivity contribution is 5.34. The molecule has 1 fully saturated rings. The molecule has 2 aliphatic rings. The van der Waals surface area contributed by atoms with Crippen LogP contribution in [-0.2, 0) is 6.54 Å². The van der Waals surface area contributed by atoms with E-state index >= 15 is 0 Å². The molecule has 1 heterocycles. The average molecular weight is 285 g/mol. The van der Waals surface area contributed by atoms with Gasteiger partial charge in [0.05, 0.1) is 6.07 Å². The molecule has 0 aromatic heterocycles. The van der Waals surface area contributed by atoms with Crippen LogP contribution in [0.4, 0.5) is 0 Å².